The molecule has 0 atom stereocenters. The van der Waals surface area contributed by atoms with Gasteiger partial charge in [-0.3, -0.25) is 9.59 Å². The van der Waals surface area contributed by atoms with E-state index in [9.17, 15) is 14.4 Å². The lowest BCUT2D eigenvalue weighted by molar-refractivity contribution is -0.130. The summed E-state index contributed by atoms with van der Waals surface area (Å²) >= 11 is 0. The molecule has 204 valence electrons. The van der Waals surface area contributed by atoms with Crippen LogP contribution in [0.25, 0.3) is 22.2 Å². The molecule has 3 heterocycles. The van der Waals surface area contributed by atoms with E-state index in [1.54, 1.807) is 23.2 Å². The Morgan fingerprint density at radius 3 is 2.44 bits per heavy atom. The monoisotopic (exact) mass is 531 g/mol. The number of carboxylic acid groups (broad SMARTS) is 1. The highest BCUT2D eigenvalue weighted by atomic mass is 16.5. The lowest BCUT2D eigenvalue weighted by atomic mass is 9.82. The fourth-order valence-electron chi connectivity index (χ4n) is 5.32. The quantitative estimate of drug-likeness (QED) is 0.379. The number of benzene rings is 1. The topological polar surface area (TPSA) is 134 Å². The van der Waals surface area contributed by atoms with Crippen molar-refractivity contribution in [1.82, 2.24) is 25.5 Å². The first-order chi connectivity index (χ1) is 19.0. The molecule has 1 aliphatic carbocycles. The standard InChI is InChI=1S/C29H33N5O5/c35-27-6-3-13-34(27)18-39-26-12-11-21(17-30-26)25-14-23(22-4-1-2-5-24(22)33-25)28(36)31-15-19-7-9-20(10-8-19)16-32-29(37)38/h1-2,4-5,11-12,14,17,19-20,32H,3,6-10,13,15-16,18H2,(H,31,36)(H,37,38). The molecule has 10 nitrogen and oxygen atoms in total. The van der Waals surface area contributed by atoms with Crippen molar-refractivity contribution in [2.45, 2.75) is 38.5 Å². The van der Waals surface area contributed by atoms with Gasteiger partial charge in [-0.15, -0.1) is 0 Å². The fourth-order valence-corrected chi connectivity index (χ4v) is 5.32. The smallest absolute Gasteiger partial charge is 0.404 e. The summed E-state index contributed by atoms with van der Waals surface area (Å²) in [6.45, 7) is 1.95. The van der Waals surface area contributed by atoms with Gasteiger partial charge in [0.15, 0.2) is 6.73 Å². The van der Waals surface area contributed by atoms with Gasteiger partial charge in [-0.2, -0.15) is 0 Å². The van der Waals surface area contributed by atoms with Gasteiger partial charge in [0.05, 0.1) is 16.8 Å². The number of hydrogen-bond acceptors (Lipinski definition) is 6. The molecule has 2 fully saturated rings. The molecular formula is C29H33N5O5. The van der Waals surface area contributed by atoms with E-state index in [2.05, 4.69) is 15.6 Å². The first-order valence-corrected chi connectivity index (χ1v) is 13.5. The van der Waals surface area contributed by atoms with Crippen LogP contribution in [0, 0.1) is 11.8 Å². The Bertz CT molecular complexity index is 1340. The third kappa shape index (κ3) is 6.63. The number of hydrogen-bond donors (Lipinski definition) is 3. The van der Waals surface area contributed by atoms with E-state index in [4.69, 9.17) is 14.8 Å². The molecule has 3 amide bonds. The van der Waals surface area contributed by atoms with Crippen LogP contribution in [0.5, 0.6) is 5.88 Å². The van der Waals surface area contributed by atoms with Gasteiger partial charge in [-0.05, 0) is 62.1 Å². The van der Waals surface area contributed by atoms with Gasteiger partial charge in [0, 0.05) is 49.3 Å². The van der Waals surface area contributed by atoms with Gasteiger partial charge in [0.25, 0.3) is 5.91 Å². The summed E-state index contributed by atoms with van der Waals surface area (Å²) in [5, 5.41) is 15.2. The normalized spacial score (nSPS) is 19.2. The molecule has 1 aliphatic heterocycles. The lowest BCUT2D eigenvalue weighted by Crippen LogP contribution is -2.34. The lowest BCUT2D eigenvalue weighted by Gasteiger charge is -2.28. The molecule has 0 bridgehead atoms. The molecule has 2 aliphatic rings. The molecule has 1 saturated heterocycles. The van der Waals surface area contributed by atoms with E-state index in [1.165, 1.54) is 0 Å². The predicted molar refractivity (Wildman–Crippen MR) is 145 cm³/mol. The molecule has 5 rings (SSSR count). The molecule has 3 aromatic rings. The summed E-state index contributed by atoms with van der Waals surface area (Å²) in [7, 11) is 0. The highest BCUT2D eigenvalue weighted by Crippen LogP contribution is 2.29. The Labute approximate surface area is 226 Å². The van der Waals surface area contributed by atoms with E-state index >= 15 is 0 Å². The van der Waals surface area contributed by atoms with Crippen LogP contribution < -0.4 is 15.4 Å². The average Bonchev–Trinajstić information content (AvgIpc) is 3.38. The second-order valence-corrected chi connectivity index (χ2v) is 10.3. The third-order valence-corrected chi connectivity index (χ3v) is 7.59. The van der Waals surface area contributed by atoms with E-state index in [0.717, 1.165) is 48.6 Å². The summed E-state index contributed by atoms with van der Waals surface area (Å²) in [5.74, 6) is 1.10. The highest BCUT2D eigenvalue weighted by Gasteiger charge is 2.23. The zero-order chi connectivity index (χ0) is 27.2. The number of rotatable bonds is 9. The Morgan fingerprint density at radius 2 is 1.77 bits per heavy atom. The van der Waals surface area contributed by atoms with Crippen molar-refractivity contribution in [2.75, 3.05) is 26.4 Å². The minimum atomic E-state index is -0.983. The van der Waals surface area contributed by atoms with Gasteiger partial charge < -0.3 is 25.4 Å². The third-order valence-electron chi connectivity index (χ3n) is 7.59. The van der Waals surface area contributed by atoms with Crippen LogP contribution in [0.2, 0.25) is 0 Å². The van der Waals surface area contributed by atoms with Crippen molar-refractivity contribution in [2.24, 2.45) is 11.8 Å². The predicted octanol–water partition coefficient (Wildman–Crippen LogP) is 4.06. The number of para-hydroxylation sites is 1. The van der Waals surface area contributed by atoms with Gasteiger partial charge in [-0.25, -0.2) is 14.8 Å². The summed E-state index contributed by atoms with van der Waals surface area (Å²) in [4.78, 5) is 46.7. The molecule has 1 aromatic carbocycles. The Morgan fingerprint density at radius 1 is 1.03 bits per heavy atom. The molecule has 39 heavy (non-hydrogen) atoms. The summed E-state index contributed by atoms with van der Waals surface area (Å²) in [5.41, 5.74) is 2.68. The number of nitrogens with zero attached hydrogens (tertiary/aromatic N) is 3. The van der Waals surface area contributed by atoms with Gasteiger partial charge in [0.1, 0.15) is 0 Å². The zero-order valence-corrected chi connectivity index (χ0v) is 21.8. The van der Waals surface area contributed by atoms with Crippen molar-refractivity contribution >= 4 is 28.8 Å². The van der Waals surface area contributed by atoms with E-state index in [-0.39, 0.29) is 18.5 Å². The van der Waals surface area contributed by atoms with Gasteiger partial charge in [-0.1, -0.05) is 18.2 Å². The number of ether oxygens (including phenoxy) is 1. The van der Waals surface area contributed by atoms with E-state index in [1.807, 2.05) is 30.3 Å². The number of fused-ring (bicyclic) bond motifs is 1. The Balaban J connectivity index is 1.24. The number of aromatic nitrogens is 2. The minimum Gasteiger partial charge on any atom is -0.465 e. The number of carbonyl (C=O) groups excluding carboxylic acids is 2. The van der Waals surface area contributed by atoms with E-state index in [0.29, 0.717) is 55.0 Å². The summed E-state index contributed by atoms with van der Waals surface area (Å²) in [6.07, 6.45) is 5.91. The minimum absolute atomic E-state index is 0.0958. The van der Waals surface area contributed by atoms with Crippen LogP contribution in [0.1, 0.15) is 48.9 Å². The fraction of sp³-hybridized carbons (Fsp3) is 0.414. The molecule has 1 saturated carbocycles. The molecule has 10 heteroatoms. The van der Waals surface area contributed by atoms with Gasteiger partial charge >= 0.3 is 6.09 Å². The number of likely N-dealkylation sites (tertiary alicyclic amines) is 1. The summed E-state index contributed by atoms with van der Waals surface area (Å²) in [6, 6.07) is 13.0. The largest absolute Gasteiger partial charge is 0.465 e. The maximum Gasteiger partial charge on any atom is 0.404 e. The maximum atomic E-state index is 13.3. The van der Waals surface area contributed by atoms with E-state index < -0.39 is 6.09 Å². The molecular weight excluding hydrogens is 498 g/mol. The van der Waals surface area contributed by atoms with Crippen LogP contribution >= 0.6 is 0 Å². The Kier molecular flexibility index (Phi) is 8.19. The van der Waals surface area contributed by atoms with Crippen molar-refractivity contribution in [3.05, 3.63) is 54.2 Å². The first kappa shape index (κ1) is 26.4. The second kappa shape index (κ2) is 12.1. The Hall–Kier alpha value is -4.21. The molecule has 0 radical (unpaired) electrons. The van der Waals surface area contributed by atoms with Crippen molar-refractivity contribution < 1.29 is 24.2 Å². The first-order valence-electron chi connectivity index (χ1n) is 13.5. The van der Waals surface area contributed by atoms with Gasteiger partial charge in [0.2, 0.25) is 11.8 Å². The number of pyridine rings is 2. The zero-order valence-electron chi connectivity index (χ0n) is 21.8. The molecule has 3 N–H and O–H groups in total. The maximum absolute atomic E-state index is 13.3. The molecule has 0 spiro atoms. The number of carbonyl (C=O) groups is 3. The highest BCUT2D eigenvalue weighted by molar-refractivity contribution is 6.07. The van der Waals surface area contributed by atoms with Crippen molar-refractivity contribution in [3.8, 4) is 17.1 Å². The average molecular weight is 532 g/mol. The summed E-state index contributed by atoms with van der Waals surface area (Å²) < 4.78 is 5.68. The van der Waals surface area contributed by atoms with Crippen LogP contribution in [0.4, 0.5) is 4.79 Å². The molecule has 2 aromatic heterocycles. The van der Waals surface area contributed by atoms with Crippen LogP contribution in [0.3, 0.4) is 0 Å². The SMILES string of the molecule is O=C(O)NCC1CCC(CNC(=O)c2cc(-c3ccc(OCN4CCCC4=O)nc3)nc3ccccc23)CC1. The number of nitrogens with one attached hydrogen (secondary N) is 2. The second-order valence-electron chi connectivity index (χ2n) is 10.3. The van der Waals surface area contributed by atoms with Crippen LogP contribution in [0.15, 0.2) is 48.7 Å². The number of amides is 3. The van der Waals surface area contributed by atoms with Crippen molar-refractivity contribution in [3.63, 3.8) is 0 Å². The van der Waals surface area contributed by atoms with Crippen molar-refractivity contribution in [1.29, 1.82) is 0 Å². The molecule has 0 unspecified atom stereocenters. The van der Waals surface area contributed by atoms with Crippen LogP contribution in [-0.2, 0) is 4.79 Å². The van der Waals surface area contributed by atoms with Crippen LogP contribution in [-0.4, -0.2) is 64.2 Å².